The van der Waals surface area contributed by atoms with Gasteiger partial charge in [0.25, 0.3) is 0 Å². The van der Waals surface area contributed by atoms with Crippen molar-refractivity contribution in [1.29, 1.82) is 0 Å². The van der Waals surface area contributed by atoms with E-state index in [0.29, 0.717) is 12.5 Å². The van der Waals surface area contributed by atoms with E-state index in [4.69, 9.17) is 5.73 Å². The van der Waals surface area contributed by atoms with Crippen LogP contribution in [-0.4, -0.2) is 49.1 Å². The number of hydrogen-bond acceptors (Lipinski definition) is 4. The minimum Gasteiger partial charge on any atom is -0.335 e. The Labute approximate surface area is 114 Å². The summed E-state index contributed by atoms with van der Waals surface area (Å²) >= 11 is 0. The first kappa shape index (κ1) is 14.3. The first-order valence-corrected chi connectivity index (χ1v) is 7.20. The SMILES string of the molecule is NCC1CCN(CC(=O)NC(=O)NC2CCCC2)C1. The van der Waals surface area contributed by atoms with Gasteiger partial charge in [0.1, 0.15) is 0 Å². The van der Waals surface area contributed by atoms with Crippen LogP contribution in [0.4, 0.5) is 4.79 Å². The zero-order chi connectivity index (χ0) is 13.7. The van der Waals surface area contributed by atoms with Gasteiger partial charge in [-0.3, -0.25) is 15.0 Å². The Morgan fingerprint density at radius 2 is 1.95 bits per heavy atom. The smallest absolute Gasteiger partial charge is 0.321 e. The summed E-state index contributed by atoms with van der Waals surface area (Å²) in [5.41, 5.74) is 5.61. The summed E-state index contributed by atoms with van der Waals surface area (Å²) in [5.74, 6) is 0.258. The van der Waals surface area contributed by atoms with Gasteiger partial charge in [0, 0.05) is 12.6 Å². The largest absolute Gasteiger partial charge is 0.335 e. The second-order valence-electron chi connectivity index (χ2n) is 5.63. The Morgan fingerprint density at radius 1 is 1.21 bits per heavy atom. The molecule has 3 amide bonds. The number of likely N-dealkylation sites (tertiary alicyclic amines) is 1. The average Bonchev–Trinajstić information content (AvgIpc) is 3.00. The normalized spacial score (nSPS) is 24.6. The van der Waals surface area contributed by atoms with Crippen LogP contribution in [0.3, 0.4) is 0 Å². The molecule has 19 heavy (non-hydrogen) atoms. The van der Waals surface area contributed by atoms with Crippen molar-refractivity contribution in [3.63, 3.8) is 0 Å². The van der Waals surface area contributed by atoms with Crippen LogP contribution >= 0.6 is 0 Å². The van der Waals surface area contributed by atoms with Gasteiger partial charge >= 0.3 is 6.03 Å². The highest BCUT2D eigenvalue weighted by atomic mass is 16.2. The van der Waals surface area contributed by atoms with Crippen molar-refractivity contribution in [2.75, 3.05) is 26.2 Å². The molecule has 0 aromatic rings. The molecule has 1 heterocycles. The highest BCUT2D eigenvalue weighted by molar-refractivity contribution is 5.95. The number of carbonyl (C=O) groups is 2. The van der Waals surface area contributed by atoms with Crippen LogP contribution in [-0.2, 0) is 4.79 Å². The second kappa shape index (κ2) is 6.86. The third kappa shape index (κ3) is 4.47. The Hall–Kier alpha value is -1.14. The van der Waals surface area contributed by atoms with Crippen LogP contribution in [0.15, 0.2) is 0 Å². The first-order chi connectivity index (χ1) is 9.17. The fraction of sp³-hybridized carbons (Fsp3) is 0.846. The molecule has 2 aliphatic rings. The molecule has 2 fully saturated rings. The number of rotatable bonds is 4. The molecule has 0 radical (unpaired) electrons. The molecular formula is C13H24N4O2. The Kier molecular flexibility index (Phi) is 5.15. The average molecular weight is 268 g/mol. The minimum atomic E-state index is -0.355. The monoisotopic (exact) mass is 268 g/mol. The number of nitrogens with two attached hydrogens (primary N) is 1. The van der Waals surface area contributed by atoms with E-state index in [1.807, 2.05) is 0 Å². The van der Waals surface area contributed by atoms with Crippen molar-refractivity contribution in [1.82, 2.24) is 15.5 Å². The molecule has 108 valence electrons. The molecule has 1 saturated carbocycles. The van der Waals surface area contributed by atoms with Crippen LogP contribution < -0.4 is 16.4 Å². The van der Waals surface area contributed by atoms with Crippen molar-refractivity contribution >= 4 is 11.9 Å². The lowest BCUT2D eigenvalue weighted by atomic mass is 10.1. The van der Waals surface area contributed by atoms with Gasteiger partial charge in [0.15, 0.2) is 0 Å². The van der Waals surface area contributed by atoms with Gasteiger partial charge in [0.2, 0.25) is 5.91 Å². The molecule has 0 bridgehead atoms. The van der Waals surface area contributed by atoms with E-state index in [9.17, 15) is 9.59 Å². The zero-order valence-corrected chi connectivity index (χ0v) is 11.4. The lowest BCUT2D eigenvalue weighted by Gasteiger charge is -2.16. The predicted octanol–water partition coefficient (Wildman–Crippen LogP) is 0.0354. The summed E-state index contributed by atoms with van der Waals surface area (Å²) in [5, 5.41) is 5.25. The number of carbonyl (C=O) groups excluding carboxylic acids is 2. The maximum absolute atomic E-state index is 11.7. The van der Waals surface area contributed by atoms with E-state index < -0.39 is 0 Å². The molecule has 1 aliphatic carbocycles. The number of urea groups is 1. The van der Waals surface area contributed by atoms with E-state index in [1.165, 1.54) is 0 Å². The molecule has 0 spiro atoms. The molecule has 0 aromatic heterocycles. The topological polar surface area (TPSA) is 87.5 Å². The summed E-state index contributed by atoms with van der Waals surface area (Å²) in [6, 6.07) is -0.118. The Morgan fingerprint density at radius 3 is 2.58 bits per heavy atom. The maximum atomic E-state index is 11.7. The number of imide groups is 1. The van der Waals surface area contributed by atoms with Crippen LogP contribution in [0.1, 0.15) is 32.1 Å². The summed E-state index contributed by atoms with van der Waals surface area (Å²) in [7, 11) is 0. The van der Waals surface area contributed by atoms with E-state index in [1.54, 1.807) is 0 Å². The van der Waals surface area contributed by atoms with Crippen LogP contribution in [0, 0.1) is 5.92 Å². The summed E-state index contributed by atoms with van der Waals surface area (Å²) in [6.45, 7) is 2.70. The Balaban J connectivity index is 1.64. The molecule has 1 unspecified atom stereocenters. The molecule has 1 atom stereocenters. The lowest BCUT2D eigenvalue weighted by molar-refractivity contribution is -0.120. The van der Waals surface area contributed by atoms with Gasteiger partial charge in [-0.25, -0.2) is 4.79 Å². The van der Waals surface area contributed by atoms with Crippen LogP contribution in [0.5, 0.6) is 0 Å². The second-order valence-corrected chi connectivity index (χ2v) is 5.63. The zero-order valence-electron chi connectivity index (χ0n) is 11.4. The van der Waals surface area contributed by atoms with Gasteiger partial charge in [-0.05, 0) is 38.3 Å². The number of amides is 3. The highest BCUT2D eigenvalue weighted by Crippen LogP contribution is 2.17. The van der Waals surface area contributed by atoms with E-state index in [0.717, 1.165) is 45.2 Å². The quantitative estimate of drug-likeness (QED) is 0.671. The number of nitrogens with one attached hydrogen (secondary N) is 2. The van der Waals surface area contributed by atoms with Gasteiger partial charge in [-0.15, -0.1) is 0 Å². The van der Waals surface area contributed by atoms with Gasteiger partial charge in [-0.2, -0.15) is 0 Å². The van der Waals surface area contributed by atoms with Crippen molar-refractivity contribution in [2.45, 2.75) is 38.1 Å². The number of hydrogen-bond donors (Lipinski definition) is 3. The lowest BCUT2D eigenvalue weighted by Crippen LogP contribution is -2.46. The Bertz CT molecular complexity index is 329. The fourth-order valence-corrected chi connectivity index (χ4v) is 2.91. The standard InChI is InChI=1S/C13H24N4O2/c14-7-10-5-6-17(8-10)9-12(18)16-13(19)15-11-3-1-2-4-11/h10-11H,1-9,14H2,(H2,15,16,18,19). The molecular weight excluding hydrogens is 244 g/mol. The first-order valence-electron chi connectivity index (χ1n) is 7.20. The predicted molar refractivity (Wildman–Crippen MR) is 72.5 cm³/mol. The summed E-state index contributed by atoms with van der Waals surface area (Å²) in [4.78, 5) is 25.4. The fourth-order valence-electron chi connectivity index (χ4n) is 2.91. The van der Waals surface area contributed by atoms with Crippen molar-refractivity contribution in [2.24, 2.45) is 11.7 Å². The number of nitrogens with zero attached hydrogens (tertiary/aromatic N) is 1. The van der Waals surface area contributed by atoms with Gasteiger partial charge in [-0.1, -0.05) is 12.8 Å². The highest BCUT2D eigenvalue weighted by Gasteiger charge is 2.24. The van der Waals surface area contributed by atoms with Crippen LogP contribution in [0.2, 0.25) is 0 Å². The van der Waals surface area contributed by atoms with Crippen molar-refractivity contribution < 1.29 is 9.59 Å². The van der Waals surface area contributed by atoms with E-state index in [2.05, 4.69) is 15.5 Å². The van der Waals surface area contributed by atoms with Gasteiger partial charge < -0.3 is 11.1 Å². The van der Waals surface area contributed by atoms with Crippen molar-refractivity contribution in [3.05, 3.63) is 0 Å². The van der Waals surface area contributed by atoms with Crippen molar-refractivity contribution in [3.8, 4) is 0 Å². The van der Waals surface area contributed by atoms with Crippen LogP contribution in [0.25, 0.3) is 0 Å². The molecule has 4 N–H and O–H groups in total. The molecule has 6 heteroatoms. The molecule has 0 aromatic carbocycles. The van der Waals surface area contributed by atoms with E-state index >= 15 is 0 Å². The third-order valence-electron chi connectivity index (χ3n) is 4.01. The molecule has 1 aliphatic heterocycles. The minimum absolute atomic E-state index is 0.229. The third-order valence-corrected chi connectivity index (χ3v) is 4.01. The molecule has 6 nitrogen and oxygen atoms in total. The summed E-state index contributed by atoms with van der Waals surface area (Å²) < 4.78 is 0. The van der Waals surface area contributed by atoms with E-state index in [-0.39, 0.29) is 24.5 Å². The van der Waals surface area contributed by atoms with Gasteiger partial charge in [0.05, 0.1) is 6.54 Å². The molecule has 2 rings (SSSR count). The summed E-state index contributed by atoms with van der Waals surface area (Å²) in [6.07, 6.45) is 5.40. The maximum Gasteiger partial charge on any atom is 0.321 e. The molecule has 1 saturated heterocycles.